The lowest BCUT2D eigenvalue weighted by atomic mass is 10.1. The summed E-state index contributed by atoms with van der Waals surface area (Å²) < 4.78 is 27.9. The standard InChI is InChI=1S/C23H26N8O3/c1-12-8-15(18-11-25-31(30-18)14-6-7-14)21(34-3)17(9-12)26-16-10-19(27-22(32)13-4-5-13)28-29-20(16)23(33)24-2/h8-11,13-14H,4-7H2,1-3H3,(H,24,33)(H2,26,27,28,32)/i2D3. The summed E-state index contributed by atoms with van der Waals surface area (Å²) in [6.45, 7) is -0.829. The number of hydrogen-bond donors (Lipinski definition) is 3. The van der Waals surface area contributed by atoms with Gasteiger partial charge in [0.1, 0.15) is 5.69 Å². The minimum atomic E-state index is -2.73. The Kier molecular flexibility index (Phi) is 4.73. The van der Waals surface area contributed by atoms with Crippen LogP contribution in [-0.4, -0.2) is 51.1 Å². The predicted molar refractivity (Wildman–Crippen MR) is 125 cm³/mol. The van der Waals surface area contributed by atoms with Gasteiger partial charge in [-0.15, -0.1) is 10.2 Å². The first-order valence-corrected chi connectivity index (χ1v) is 11.0. The van der Waals surface area contributed by atoms with E-state index in [-0.39, 0.29) is 29.0 Å². The molecule has 176 valence electrons. The molecule has 2 heterocycles. The van der Waals surface area contributed by atoms with Crippen molar-refractivity contribution in [1.82, 2.24) is 30.5 Å². The van der Waals surface area contributed by atoms with Crippen LogP contribution in [0.3, 0.4) is 0 Å². The number of methoxy groups -OCH3 is 1. The first kappa shape index (κ1) is 18.4. The van der Waals surface area contributed by atoms with Gasteiger partial charge in [-0.1, -0.05) is 0 Å². The van der Waals surface area contributed by atoms with Gasteiger partial charge in [-0.2, -0.15) is 15.0 Å². The molecule has 2 amide bonds. The second-order valence-corrected chi connectivity index (χ2v) is 8.51. The molecule has 2 fully saturated rings. The van der Waals surface area contributed by atoms with Gasteiger partial charge >= 0.3 is 0 Å². The summed E-state index contributed by atoms with van der Waals surface area (Å²) in [5.41, 5.74) is 2.55. The highest BCUT2D eigenvalue weighted by Gasteiger charge is 2.30. The molecule has 0 saturated heterocycles. The minimum absolute atomic E-state index is 0.0692. The molecule has 2 aromatic heterocycles. The quantitative estimate of drug-likeness (QED) is 0.462. The van der Waals surface area contributed by atoms with Gasteiger partial charge < -0.3 is 20.7 Å². The Morgan fingerprint density at radius 2 is 1.97 bits per heavy atom. The number of nitrogens with one attached hydrogen (secondary N) is 3. The maximum atomic E-state index is 12.8. The lowest BCUT2D eigenvalue weighted by molar-refractivity contribution is -0.117. The third-order valence-corrected chi connectivity index (χ3v) is 5.69. The molecule has 3 aromatic rings. The van der Waals surface area contributed by atoms with E-state index < -0.39 is 12.9 Å². The zero-order chi connectivity index (χ0) is 26.3. The molecule has 5 rings (SSSR count). The highest BCUT2D eigenvalue weighted by molar-refractivity contribution is 6.00. The van der Waals surface area contributed by atoms with Crippen LogP contribution in [0.4, 0.5) is 17.2 Å². The molecule has 3 N–H and O–H groups in total. The first-order chi connectivity index (χ1) is 17.6. The molecule has 0 atom stereocenters. The Bertz CT molecular complexity index is 1370. The molecule has 11 heteroatoms. The van der Waals surface area contributed by atoms with Crippen LogP contribution in [-0.2, 0) is 4.79 Å². The third kappa shape index (κ3) is 4.41. The smallest absolute Gasteiger partial charge is 0.273 e. The summed E-state index contributed by atoms with van der Waals surface area (Å²) in [5.74, 6) is -0.635. The van der Waals surface area contributed by atoms with Crippen molar-refractivity contribution >= 4 is 29.0 Å². The van der Waals surface area contributed by atoms with Gasteiger partial charge in [-0.25, -0.2) is 0 Å². The minimum Gasteiger partial charge on any atom is -0.494 e. The van der Waals surface area contributed by atoms with E-state index in [9.17, 15) is 9.59 Å². The van der Waals surface area contributed by atoms with E-state index in [2.05, 4.69) is 31.0 Å². The highest BCUT2D eigenvalue weighted by atomic mass is 16.5. The Hall–Kier alpha value is -4.02. The van der Waals surface area contributed by atoms with E-state index in [1.165, 1.54) is 13.2 Å². The number of ether oxygens (including phenoxy) is 1. The molecule has 0 aliphatic heterocycles. The number of carbonyl (C=O) groups excluding carboxylic acids is 2. The second kappa shape index (κ2) is 8.73. The predicted octanol–water partition coefficient (Wildman–Crippen LogP) is 2.84. The highest BCUT2D eigenvalue weighted by Crippen LogP contribution is 2.40. The van der Waals surface area contributed by atoms with Crippen LogP contribution in [0.2, 0.25) is 0 Å². The molecule has 0 bridgehead atoms. The summed E-state index contributed by atoms with van der Waals surface area (Å²) in [6, 6.07) is 5.47. The van der Waals surface area contributed by atoms with E-state index in [0.29, 0.717) is 28.7 Å². The van der Waals surface area contributed by atoms with Crippen LogP contribution >= 0.6 is 0 Å². The molecular weight excluding hydrogens is 436 g/mol. The largest absolute Gasteiger partial charge is 0.494 e. The molecule has 0 spiro atoms. The summed E-state index contributed by atoms with van der Waals surface area (Å²) in [5, 5.41) is 24.6. The third-order valence-electron chi connectivity index (χ3n) is 5.69. The topological polar surface area (TPSA) is 136 Å². The average molecular weight is 466 g/mol. The summed E-state index contributed by atoms with van der Waals surface area (Å²) >= 11 is 0. The second-order valence-electron chi connectivity index (χ2n) is 8.51. The Balaban J connectivity index is 1.53. The summed E-state index contributed by atoms with van der Waals surface area (Å²) in [4.78, 5) is 26.7. The molecule has 1 aromatic carbocycles. The fourth-order valence-corrected chi connectivity index (χ4v) is 3.65. The van der Waals surface area contributed by atoms with Crippen molar-refractivity contribution < 1.29 is 18.4 Å². The van der Waals surface area contributed by atoms with Crippen LogP contribution in [0.1, 0.15) is 51.9 Å². The monoisotopic (exact) mass is 465 g/mol. The number of nitrogens with zero attached hydrogens (tertiary/aromatic N) is 5. The molecule has 2 aliphatic carbocycles. The summed E-state index contributed by atoms with van der Waals surface area (Å²) in [6.07, 6.45) is 5.37. The molecule has 2 saturated carbocycles. The fraction of sp³-hybridized carbons (Fsp3) is 0.391. The molecule has 34 heavy (non-hydrogen) atoms. The molecular formula is C23H26N8O3. The summed E-state index contributed by atoms with van der Waals surface area (Å²) in [7, 11) is 1.51. The SMILES string of the molecule is [2H]C([2H])([2H])NC(=O)c1nnc(NC(=O)C2CC2)cc1Nc1cc(C)cc(-c2cnn(C3CC3)n2)c1OC. The molecule has 11 nitrogen and oxygen atoms in total. The number of aryl methyl sites for hydroxylation is 1. The van der Waals surface area contributed by atoms with Gasteiger partial charge in [0.15, 0.2) is 17.3 Å². The van der Waals surface area contributed by atoms with E-state index in [4.69, 9.17) is 8.85 Å². The number of rotatable bonds is 8. The number of aromatic nitrogens is 5. The normalized spacial score (nSPS) is 16.7. The van der Waals surface area contributed by atoms with Gasteiger partial charge in [-0.3, -0.25) is 9.59 Å². The number of amides is 2. The Morgan fingerprint density at radius 1 is 1.15 bits per heavy atom. The Morgan fingerprint density at radius 3 is 2.68 bits per heavy atom. The van der Waals surface area contributed by atoms with Crippen molar-refractivity contribution in [3.63, 3.8) is 0 Å². The fourth-order valence-electron chi connectivity index (χ4n) is 3.65. The van der Waals surface area contributed by atoms with E-state index in [1.807, 2.05) is 24.4 Å². The van der Waals surface area contributed by atoms with Crippen molar-refractivity contribution in [3.05, 3.63) is 35.7 Å². The van der Waals surface area contributed by atoms with E-state index in [0.717, 1.165) is 31.2 Å². The van der Waals surface area contributed by atoms with Gasteiger partial charge in [0.2, 0.25) is 5.91 Å². The van der Waals surface area contributed by atoms with Crippen LogP contribution < -0.4 is 20.7 Å². The van der Waals surface area contributed by atoms with Crippen molar-refractivity contribution in [3.8, 4) is 17.0 Å². The molecule has 0 unspecified atom stereocenters. The molecule has 0 radical (unpaired) electrons. The number of hydrogen-bond acceptors (Lipinski definition) is 8. The van der Waals surface area contributed by atoms with Gasteiger partial charge in [0, 0.05) is 28.6 Å². The van der Waals surface area contributed by atoms with Crippen molar-refractivity contribution in [2.45, 2.75) is 38.6 Å². The van der Waals surface area contributed by atoms with Crippen LogP contribution in [0.25, 0.3) is 11.3 Å². The van der Waals surface area contributed by atoms with Crippen molar-refractivity contribution in [1.29, 1.82) is 0 Å². The van der Waals surface area contributed by atoms with Gasteiger partial charge in [0.25, 0.3) is 5.91 Å². The molecule has 2 aliphatic rings. The Labute approximate surface area is 200 Å². The van der Waals surface area contributed by atoms with Crippen LogP contribution in [0.5, 0.6) is 5.75 Å². The number of anilines is 3. The van der Waals surface area contributed by atoms with E-state index >= 15 is 0 Å². The lowest BCUT2D eigenvalue weighted by Gasteiger charge is -2.17. The average Bonchev–Trinajstić information content (AvgIpc) is 3.76. The van der Waals surface area contributed by atoms with Gasteiger partial charge in [0.05, 0.1) is 30.7 Å². The number of carbonyl (C=O) groups is 2. The van der Waals surface area contributed by atoms with E-state index in [1.54, 1.807) is 11.0 Å². The first-order valence-electron chi connectivity index (χ1n) is 12.5. The van der Waals surface area contributed by atoms with Crippen molar-refractivity contribution in [2.24, 2.45) is 5.92 Å². The van der Waals surface area contributed by atoms with Crippen molar-refractivity contribution in [2.75, 3.05) is 24.7 Å². The maximum Gasteiger partial charge on any atom is 0.273 e. The number of benzene rings is 1. The van der Waals surface area contributed by atoms with Gasteiger partial charge in [-0.05, 0) is 50.3 Å². The van der Waals surface area contributed by atoms with Crippen LogP contribution in [0.15, 0.2) is 24.4 Å². The zero-order valence-electron chi connectivity index (χ0n) is 21.8. The lowest BCUT2D eigenvalue weighted by Crippen LogP contribution is -2.22. The maximum absolute atomic E-state index is 12.8. The van der Waals surface area contributed by atoms with Crippen LogP contribution in [0, 0.1) is 12.8 Å². The zero-order valence-corrected chi connectivity index (χ0v) is 18.8.